The van der Waals surface area contributed by atoms with Crippen molar-refractivity contribution in [2.45, 2.75) is 45.4 Å². The summed E-state index contributed by atoms with van der Waals surface area (Å²) in [7, 11) is 0. The van der Waals surface area contributed by atoms with Crippen LogP contribution in [-0.4, -0.2) is 19.0 Å². The minimum absolute atomic E-state index is 0.0476. The van der Waals surface area contributed by atoms with Crippen LogP contribution in [0.3, 0.4) is 0 Å². The molecule has 0 spiro atoms. The maximum absolute atomic E-state index is 10.7. The van der Waals surface area contributed by atoms with E-state index in [1.165, 1.54) is 32.1 Å². The number of hydrogen-bond acceptors (Lipinski definition) is 4. The van der Waals surface area contributed by atoms with Crippen molar-refractivity contribution in [1.29, 1.82) is 10.8 Å². The fourth-order valence-electron chi connectivity index (χ4n) is 1.21. The molecule has 0 heterocycles. The van der Waals surface area contributed by atoms with Crippen molar-refractivity contribution in [3.63, 3.8) is 0 Å². The predicted molar refractivity (Wildman–Crippen MR) is 58.9 cm³/mol. The molecule has 1 amide bonds. The molecule has 0 aromatic heterocycles. The van der Waals surface area contributed by atoms with Gasteiger partial charge in [-0.15, -0.1) is 0 Å². The molecular formula is C10H22N4O. The summed E-state index contributed by atoms with van der Waals surface area (Å²) >= 11 is 0. The van der Waals surface area contributed by atoms with Gasteiger partial charge in [-0.2, -0.15) is 0 Å². The highest BCUT2D eigenvalue weighted by molar-refractivity contribution is 5.77. The van der Waals surface area contributed by atoms with Crippen molar-refractivity contribution < 1.29 is 4.79 Å². The van der Waals surface area contributed by atoms with Gasteiger partial charge in [0.1, 0.15) is 0 Å². The highest BCUT2D eigenvalue weighted by Crippen LogP contribution is 2.03. The molecule has 0 saturated heterocycles. The molecule has 0 radical (unpaired) electrons. The highest BCUT2D eigenvalue weighted by Gasteiger charge is 1.94. The lowest BCUT2D eigenvalue weighted by Crippen LogP contribution is -2.30. The van der Waals surface area contributed by atoms with Gasteiger partial charge in [-0.1, -0.05) is 39.0 Å². The third-order valence-corrected chi connectivity index (χ3v) is 2.04. The summed E-state index contributed by atoms with van der Waals surface area (Å²) in [6.07, 6.45) is 7.51. The second kappa shape index (κ2) is 15.3. The summed E-state index contributed by atoms with van der Waals surface area (Å²) in [5.74, 6) is -0.0476. The van der Waals surface area contributed by atoms with Gasteiger partial charge in [-0.25, -0.2) is 0 Å². The van der Waals surface area contributed by atoms with Crippen LogP contribution in [0.4, 0.5) is 0 Å². The van der Waals surface area contributed by atoms with E-state index in [1.54, 1.807) is 0 Å². The minimum Gasteiger partial charge on any atom is -0.355 e. The number of carbonyl (C=O) groups excluding carboxylic acids is 1. The fraction of sp³-hybridized carbons (Fsp3) is 0.900. The Morgan fingerprint density at radius 2 is 1.67 bits per heavy atom. The number of unbranched alkanes of at least 4 members (excludes halogenated alkanes) is 5. The molecule has 3 N–H and O–H groups in total. The van der Waals surface area contributed by atoms with Gasteiger partial charge in [0.05, 0.1) is 6.54 Å². The maximum atomic E-state index is 10.7. The van der Waals surface area contributed by atoms with Crippen molar-refractivity contribution in [2.75, 3.05) is 13.1 Å². The number of amides is 1. The third-order valence-electron chi connectivity index (χ3n) is 2.04. The zero-order chi connectivity index (χ0) is 11.9. The number of nitrogens with zero attached hydrogens (tertiary/aromatic N) is 2. The first kappa shape index (κ1) is 16.3. The summed E-state index contributed by atoms with van der Waals surface area (Å²) in [5, 5.41) is 14.8. The van der Waals surface area contributed by atoms with E-state index in [1.807, 2.05) is 0 Å². The highest BCUT2D eigenvalue weighted by atomic mass is 16.1. The summed E-state index contributed by atoms with van der Waals surface area (Å²) in [4.78, 5) is 10.7. The number of hydrogen-bond donors (Lipinski definition) is 2. The molecule has 0 saturated carbocycles. The third kappa shape index (κ3) is 15.6. The van der Waals surface area contributed by atoms with E-state index >= 15 is 0 Å². The van der Waals surface area contributed by atoms with E-state index in [0.29, 0.717) is 0 Å². The Balaban J connectivity index is 0. The first-order valence-corrected chi connectivity index (χ1v) is 5.48. The largest absolute Gasteiger partial charge is 0.355 e. The zero-order valence-corrected chi connectivity index (χ0v) is 9.54. The Kier molecular flexibility index (Phi) is 16.6. The van der Waals surface area contributed by atoms with E-state index in [9.17, 15) is 4.79 Å². The van der Waals surface area contributed by atoms with Crippen LogP contribution in [-0.2, 0) is 4.79 Å². The van der Waals surface area contributed by atoms with Gasteiger partial charge in [0.2, 0.25) is 5.91 Å². The standard InChI is InChI=1S/C10H22N2O.N2/c1-2-3-4-5-6-7-8-12-10(13)9-11;1-2/h2-9,11H2,1H3,(H,12,13);. The van der Waals surface area contributed by atoms with Crippen molar-refractivity contribution in [1.82, 2.24) is 5.32 Å². The lowest BCUT2D eigenvalue weighted by Gasteiger charge is -2.02. The van der Waals surface area contributed by atoms with Gasteiger partial charge in [0.25, 0.3) is 0 Å². The second-order valence-electron chi connectivity index (χ2n) is 3.32. The van der Waals surface area contributed by atoms with Gasteiger partial charge >= 0.3 is 0 Å². The first-order chi connectivity index (χ1) is 7.31. The van der Waals surface area contributed by atoms with Gasteiger partial charge in [0, 0.05) is 17.3 Å². The van der Waals surface area contributed by atoms with Gasteiger partial charge < -0.3 is 11.1 Å². The second-order valence-corrected chi connectivity index (χ2v) is 3.32. The van der Waals surface area contributed by atoms with Gasteiger partial charge in [-0.3, -0.25) is 4.79 Å². The van der Waals surface area contributed by atoms with Crippen LogP contribution < -0.4 is 11.1 Å². The molecule has 0 aliphatic rings. The molecule has 5 heteroatoms. The quantitative estimate of drug-likeness (QED) is 0.471. The smallest absolute Gasteiger partial charge is 0.233 e. The summed E-state index contributed by atoms with van der Waals surface area (Å²) in [6, 6.07) is 0. The van der Waals surface area contributed by atoms with Gasteiger partial charge in [0.15, 0.2) is 0 Å². The number of nitrogens with two attached hydrogens (primary N) is 1. The van der Waals surface area contributed by atoms with E-state index in [0.717, 1.165) is 13.0 Å². The molecule has 0 unspecified atom stereocenters. The van der Waals surface area contributed by atoms with Crippen LogP contribution in [0.5, 0.6) is 0 Å². The first-order valence-electron chi connectivity index (χ1n) is 5.48. The summed E-state index contributed by atoms with van der Waals surface area (Å²) in [5.41, 5.74) is 5.14. The number of rotatable bonds is 8. The Hall–Kier alpha value is -1.15. The minimum atomic E-state index is -0.0476. The average molecular weight is 214 g/mol. The molecule has 0 aromatic rings. The molecule has 0 rings (SSSR count). The number of nitrogens with one attached hydrogen (secondary N) is 1. The van der Waals surface area contributed by atoms with Crippen LogP contribution in [0, 0.1) is 10.8 Å². The Labute approximate surface area is 91.8 Å². The van der Waals surface area contributed by atoms with E-state index in [4.69, 9.17) is 16.5 Å². The molecule has 0 aliphatic heterocycles. The summed E-state index contributed by atoms with van der Waals surface area (Å²) < 4.78 is 0. The Morgan fingerprint density at radius 3 is 2.20 bits per heavy atom. The lowest BCUT2D eigenvalue weighted by atomic mass is 10.1. The topological polar surface area (TPSA) is 103 Å². The van der Waals surface area contributed by atoms with E-state index < -0.39 is 0 Å². The fourth-order valence-corrected chi connectivity index (χ4v) is 1.21. The monoisotopic (exact) mass is 214 g/mol. The number of carbonyl (C=O) groups is 1. The van der Waals surface area contributed by atoms with Crippen molar-refractivity contribution in [2.24, 2.45) is 5.73 Å². The van der Waals surface area contributed by atoms with Gasteiger partial charge in [-0.05, 0) is 6.42 Å². The maximum Gasteiger partial charge on any atom is 0.233 e. The van der Waals surface area contributed by atoms with Crippen molar-refractivity contribution >= 4 is 5.91 Å². The molecule has 88 valence electrons. The van der Waals surface area contributed by atoms with Crippen LogP contribution in [0.2, 0.25) is 0 Å². The molecule has 0 aliphatic carbocycles. The average Bonchev–Trinajstić information content (AvgIpc) is 2.30. The Bertz CT molecular complexity index is 159. The normalized spacial score (nSPS) is 8.80. The molecule has 0 bridgehead atoms. The SMILES string of the molecule is CCCCCCCCNC(=O)CN.N#N. The lowest BCUT2D eigenvalue weighted by molar-refractivity contribution is -0.119. The molecular weight excluding hydrogens is 192 g/mol. The van der Waals surface area contributed by atoms with Crippen LogP contribution in [0.25, 0.3) is 0 Å². The molecule has 0 aromatic carbocycles. The van der Waals surface area contributed by atoms with Crippen LogP contribution in [0.15, 0.2) is 0 Å². The molecule has 5 nitrogen and oxygen atoms in total. The van der Waals surface area contributed by atoms with Crippen LogP contribution in [0.1, 0.15) is 45.4 Å². The molecule has 15 heavy (non-hydrogen) atoms. The van der Waals surface area contributed by atoms with E-state index in [-0.39, 0.29) is 12.5 Å². The zero-order valence-electron chi connectivity index (χ0n) is 9.54. The van der Waals surface area contributed by atoms with Crippen molar-refractivity contribution in [3.8, 4) is 0 Å². The molecule has 0 fully saturated rings. The van der Waals surface area contributed by atoms with Crippen LogP contribution >= 0.6 is 0 Å². The van der Waals surface area contributed by atoms with Crippen molar-refractivity contribution in [3.05, 3.63) is 0 Å². The molecule has 0 atom stereocenters. The van der Waals surface area contributed by atoms with E-state index in [2.05, 4.69) is 12.2 Å². The Morgan fingerprint density at radius 1 is 1.13 bits per heavy atom. The summed E-state index contributed by atoms with van der Waals surface area (Å²) in [6.45, 7) is 3.10. The predicted octanol–water partition coefficient (Wildman–Crippen LogP) is 1.45.